The number of nitrogens with zero attached hydrogens (tertiary/aromatic N) is 1. The first-order chi connectivity index (χ1) is 9.26. The predicted molar refractivity (Wildman–Crippen MR) is 80.1 cm³/mol. The van der Waals surface area contributed by atoms with Gasteiger partial charge in [-0.25, -0.2) is 0 Å². The lowest BCUT2D eigenvalue weighted by atomic mass is 10.0. The molecule has 2 unspecified atom stereocenters. The molecule has 0 bridgehead atoms. The zero-order chi connectivity index (χ0) is 13.7. The van der Waals surface area contributed by atoms with Crippen LogP contribution in [0.1, 0.15) is 36.9 Å². The average molecular weight is 278 g/mol. The van der Waals surface area contributed by atoms with Crippen LogP contribution in [0.15, 0.2) is 40.3 Å². The molecule has 4 heteroatoms. The molecule has 2 N–H and O–H groups in total. The second-order valence-electron chi connectivity index (χ2n) is 4.67. The van der Waals surface area contributed by atoms with Gasteiger partial charge in [0.15, 0.2) is 0 Å². The van der Waals surface area contributed by atoms with E-state index in [2.05, 4.69) is 36.3 Å². The Kier molecular flexibility index (Phi) is 5.19. The Balaban J connectivity index is 2.19. The molecule has 2 aromatic rings. The van der Waals surface area contributed by atoms with E-state index in [0.717, 1.165) is 25.3 Å². The SMILES string of the molecule is CCC(N)C(c1ccco1)N(CC)Cc1cccs1. The molecule has 2 aromatic heterocycles. The molecule has 0 amide bonds. The van der Waals surface area contributed by atoms with Gasteiger partial charge in [-0.3, -0.25) is 4.90 Å². The number of likely N-dealkylation sites (N-methyl/N-ethyl adjacent to an activating group) is 1. The molecule has 0 aliphatic rings. The summed E-state index contributed by atoms with van der Waals surface area (Å²) in [5, 5.41) is 2.12. The van der Waals surface area contributed by atoms with Gasteiger partial charge in [0, 0.05) is 17.5 Å². The van der Waals surface area contributed by atoms with Crippen LogP contribution in [0.4, 0.5) is 0 Å². The van der Waals surface area contributed by atoms with Crippen LogP contribution >= 0.6 is 11.3 Å². The van der Waals surface area contributed by atoms with Crippen molar-refractivity contribution in [3.8, 4) is 0 Å². The van der Waals surface area contributed by atoms with Crippen LogP contribution < -0.4 is 5.73 Å². The lowest BCUT2D eigenvalue weighted by Crippen LogP contribution is -2.40. The highest BCUT2D eigenvalue weighted by Gasteiger charge is 2.27. The van der Waals surface area contributed by atoms with Gasteiger partial charge in [0.1, 0.15) is 5.76 Å². The lowest BCUT2D eigenvalue weighted by molar-refractivity contribution is 0.149. The second-order valence-corrected chi connectivity index (χ2v) is 5.71. The summed E-state index contributed by atoms with van der Waals surface area (Å²) >= 11 is 1.79. The van der Waals surface area contributed by atoms with E-state index in [1.807, 2.05) is 12.1 Å². The van der Waals surface area contributed by atoms with Crippen molar-refractivity contribution in [2.75, 3.05) is 6.54 Å². The second kappa shape index (κ2) is 6.89. The molecule has 3 nitrogen and oxygen atoms in total. The van der Waals surface area contributed by atoms with Gasteiger partial charge in [-0.1, -0.05) is 19.9 Å². The Morgan fingerprint density at radius 3 is 2.68 bits per heavy atom. The molecule has 0 aliphatic carbocycles. The van der Waals surface area contributed by atoms with Crippen LogP contribution in [0.25, 0.3) is 0 Å². The minimum absolute atomic E-state index is 0.0889. The van der Waals surface area contributed by atoms with E-state index in [4.69, 9.17) is 10.2 Å². The van der Waals surface area contributed by atoms with E-state index in [1.54, 1.807) is 17.6 Å². The van der Waals surface area contributed by atoms with Gasteiger partial charge >= 0.3 is 0 Å². The summed E-state index contributed by atoms with van der Waals surface area (Å²) in [6, 6.07) is 8.46. The topological polar surface area (TPSA) is 42.4 Å². The molecule has 0 saturated heterocycles. The molecule has 19 heavy (non-hydrogen) atoms. The van der Waals surface area contributed by atoms with E-state index in [1.165, 1.54) is 4.88 Å². The number of thiophene rings is 1. The molecule has 2 heterocycles. The van der Waals surface area contributed by atoms with Gasteiger partial charge in [0.25, 0.3) is 0 Å². The summed E-state index contributed by atoms with van der Waals surface area (Å²) in [5.41, 5.74) is 6.32. The minimum atomic E-state index is 0.0889. The molecule has 2 atom stereocenters. The van der Waals surface area contributed by atoms with Gasteiger partial charge in [-0.15, -0.1) is 11.3 Å². The number of furan rings is 1. The first kappa shape index (κ1) is 14.3. The Bertz CT molecular complexity index is 452. The maximum Gasteiger partial charge on any atom is 0.122 e. The van der Waals surface area contributed by atoms with Gasteiger partial charge in [-0.2, -0.15) is 0 Å². The van der Waals surface area contributed by atoms with Crippen LogP contribution in [0.5, 0.6) is 0 Å². The van der Waals surface area contributed by atoms with E-state index < -0.39 is 0 Å². The number of hydrogen-bond donors (Lipinski definition) is 1. The van der Waals surface area contributed by atoms with Crippen molar-refractivity contribution < 1.29 is 4.42 Å². The molecule has 2 rings (SSSR count). The van der Waals surface area contributed by atoms with Gasteiger partial charge < -0.3 is 10.2 Å². The summed E-state index contributed by atoms with van der Waals surface area (Å²) in [6.45, 7) is 6.18. The average Bonchev–Trinajstić information content (AvgIpc) is 3.10. The Morgan fingerprint density at radius 1 is 1.32 bits per heavy atom. The van der Waals surface area contributed by atoms with E-state index >= 15 is 0 Å². The predicted octanol–water partition coefficient (Wildman–Crippen LogP) is 3.64. The molecule has 104 valence electrons. The molecular formula is C15H22N2OS. The summed E-state index contributed by atoms with van der Waals surface area (Å²) in [7, 11) is 0. The summed E-state index contributed by atoms with van der Waals surface area (Å²) < 4.78 is 5.60. The van der Waals surface area contributed by atoms with E-state index in [9.17, 15) is 0 Å². The fourth-order valence-electron chi connectivity index (χ4n) is 2.35. The quantitative estimate of drug-likeness (QED) is 0.840. The number of rotatable bonds is 7. The number of nitrogens with two attached hydrogens (primary N) is 1. The van der Waals surface area contributed by atoms with Crippen LogP contribution in [0.2, 0.25) is 0 Å². The van der Waals surface area contributed by atoms with Gasteiger partial charge in [0.05, 0.1) is 12.3 Å². The summed E-state index contributed by atoms with van der Waals surface area (Å²) in [5.74, 6) is 0.966. The van der Waals surface area contributed by atoms with Crippen molar-refractivity contribution in [2.45, 2.75) is 38.9 Å². The molecule has 0 saturated carbocycles. The first-order valence-electron chi connectivity index (χ1n) is 6.81. The maximum atomic E-state index is 6.32. The molecule has 0 spiro atoms. The van der Waals surface area contributed by atoms with E-state index in [0.29, 0.717) is 0 Å². The molecule has 0 aromatic carbocycles. The van der Waals surface area contributed by atoms with Gasteiger partial charge in [0.2, 0.25) is 0 Å². The molecule has 0 aliphatic heterocycles. The monoisotopic (exact) mass is 278 g/mol. The Labute approximate surface area is 119 Å². The first-order valence-corrected chi connectivity index (χ1v) is 7.69. The van der Waals surface area contributed by atoms with Crippen LogP contribution in [0.3, 0.4) is 0 Å². The zero-order valence-corrected chi connectivity index (χ0v) is 12.4. The fourth-order valence-corrected chi connectivity index (χ4v) is 3.08. The Hall–Kier alpha value is -1.10. The third kappa shape index (κ3) is 3.47. The normalized spacial score (nSPS) is 14.7. The molecular weight excluding hydrogens is 256 g/mol. The summed E-state index contributed by atoms with van der Waals surface area (Å²) in [4.78, 5) is 3.75. The van der Waals surface area contributed by atoms with Crippen LogP contribution in [0, 0.1) is 0 Å². The summed E-state index contributed by atoms with van der Waals surface area (Å²) in [6.07, 6.45) is 2.66. The molecule has 0 radical (unpaired) electrons. The van der Waals surface area contributed by atoms with Crippen molar-refractivity contribution in [2.24, 2.45) is 5.73 Å². The minimum Gasteiger partial charge on any atom is -0.468 e. The standard InChI is InChI=1S/C15H22N2OS/c1-3-13(16)15(14-8-5-9-18-14)17(4-2)11-12-7-6-10-19-12/h5-10,13,15H,3-4,11,16H2,1-2H3. The van der Waals surface area contributed by atoms with Crippen molar-refractivity contribution >= 4 is 11.3 Å². The van der Waals surface area contributed by atoms with Crippen LogP contribution in [-0.4, -0.2) is 17.5 Å². The third-order valence-electron chi connectivity index (χ3n) is 3.45. The van der Waals surface area contributed by atoms with Crippen molar-refractivity contribution in [1.82, 2.24) is 4.90 Å². The largest absolute Gasteiger partial charge is 0.468 e. The van der Waals surface area contributed by atoms with Crippen molar-refractivity contribution in [3.05, 3.63) is 46.5 Å². The highest BCUT2D eigenvalue weighted by Crippen LogP contribution is 2.27. The maximum absolute atomic E-state index is 6.32. The van der Waals surface area contributed by atoms with Gasteiger partial charge in [-0.05, 0) is 36.5 Å². The molecule has 0 fully saturated rings. The highest BCUT2D eigenvalue weighted by molar-refractivity contribution is 7.09. The fraction of sp³-hybridized carbons (Fsp3) is 0.467. The lowest BCUT2D eigenvalue weighted by Gasteiger charge is -2.32. The third-order valence-corrected chi connectivity index (χ3v) is 4.31. The highest BCUT2D eigenvalue weighted by atomic mass is 32.1. The van der Waals surface area contributed by atoms with Crippen molar-refractivity contribution in [1.29, 1.82) is 0 Å². The van der Waals surface area contributed by atoms with E-state index in [-0.39, 0.29) is 12.1 Å². The van der Waals surface area contributed by atoms with Crippen LogP contribution in [-0.2, 0) is 6.54 Å². The Morgan fingerprint density at radius 2 is 2.16 bits per heavy atom. The van der Waals surface area contributed by atoms with Crippen molar-refractivity contribution in [3.63, 3.8) is 0 Å². The smallest absolute Gasteiger partial charge is 0.122 e. The zero-order valence-electron chi connectivity index (χ0n) is 11.6. The number of hydrogen-bond acceptors (Lipinski definition) is 4.